The summed E-state index contributed by atoms with van der Waals surface area (Å²) in [5.74, 6) is 0.785. The normalized spacial score (nSPS) is 12.2. The van der Waals surface area contributed by atoms with Gasteiger partial charge in [-0.2, -0.15) is 0 Å². The summed E-state index contributed by atoms with van der Waals surface area (Å²) in [5.41, 5.74) is 1.92. The molecule has 106 valence electrons. The minimum Gasteiger partial charge on any atom is -0.496 e. The maximum atomic E-state index is 10.4. The van der Waals surface area contributed by atoms with Crippen LogP contribution in [0.1, 0.15) is 17.2 Å². The number of ether oxygens (including phenoxy) is 1. The van der Waals surface area contributed by atoms with Gasteiger partial charge < -0.3 is 9.84 Å². The largest absolute Gasteiger partial charge is 0.496 e. The molecule has 0 bridgehead atoms. The summed E-state index contributed by atoms with van der Waals surface area (Å²) in [4.78, 5) is 0. The maximum absolute atomic E-state index is 10.4. The van der Waals surface area contributed by atoms with Crippen molar-refractivity contribution in [3.05, 3.63) is 60.9 Å². The van der Waals surface area contributed by atoms with E-state index in [1.807, 2.05) is 36.4 Å². The molecular formula is C15H13Br3O2. The van der Waals surface area contributed by atoms with Gasteiger partial charge in [0.05, 0.1) is 17.7 Å². The Balaban J connectivity index is 2.18. The molecule has 1 N–H and O–H groups in total. The smallest absolute Gasteiger partial charge is 0.133 e. The van der Waals surface area contributed by atoms with Crippen molar-refractivity contribution in [3.8, 4) is 5.75 Å². The quantitative estimate of drug-likeness (QED) is 0.669. The highest BCUT2D eigenvalue weighted by atomic mass is 79.9. The Kier molecular flexibility index (Phi) is 5.66. The van der Waals surface area contributed by atoms with Gasteiger partial charge in [-0.3, -0.25) is 0 Å². The number of hydrogen-bond acceptors (Lipinski definition) is 2. The molecule has 0 fully saturated rings. The zero-order valence-corrected chi connectivity index (χ0v) is 15.5. The van der Waals surface area contributed by atoms with Crippen LogP contribution in [0.15, 0.2) is 49.8 Å². The average Bonchev–Trinajstić information content (AvgIpc) is 2.38. The van der Waals surface area contributed by atoms with Crippen molar-refractivity contribution < 1.29 is 9.84 Å². The topological polar surface area (TPSA) is 29.5 Å². The number of methoxy groups -OCH3 is 1. The molecule has 20 heavy (non-hydrogen) atoms. The number of aliphatic hydroxyl groups excluding tert-OH is 1. The van der Waals surface area contributed by atoms with Crippen molar-refractivity contribution in [3.63, 3.8) is 0 Å². The third-order valence-electron chi connectivity index (χ3n) is 2.97. The lowest BCUT2D eigenvalue weighted by molar-refractivity contribution is 0.177. The first-order valence-corrected chi connectivity index (χ1v) is 8.34. The summed E-state index contributed by atoms with van der Waals surface area (Å²) in [7, 11) is 1.63. The van der Waals surface area contributed by atoms with E-state index in [9.17, 15) is 5.11 Å². The molecule has 2 aromatic rings. The second kappa shape index (κ2) is 7.07. The van der Waals surface area contributed by atoms with Crippen molar-refractivity contribution >= 4 is 47.8 Å². The van der Waals surface area contributed by atoms with Gasteiger partial charge in [-0.05, 0) is 51.3 Å². The monoisotopic (exact) mass is 462 g/mol. The highest BCUT2D eigenvalue weighted by molar-refractivity contribution is 9.11. The van der Waals surface area contributed by atoms with E-state index in [4.69, 9.17) is 4.74 Å². The Hall–Kier alpha value is -0.360. The van der Waals surface area contributed by atoms with Gasteiger partial charge >= 0.3 is 0 Å². The highest BCUT2D eigenvalue weighted by Crippen LogP contribution is 2.31. The van der Waals surface area contributed by atoms with E-state index >= 15 is 0 Å². The maximum Gasteiger partial charge on any atom is 0.133 e. The lowest BCUT2D eigenvalue weighted by Crippen LogP contribution is -2.03. The zero-order valence-electron chi connectivity index (χ0n) is 10.7. The van der Waals surface area contributed by atoms with Crippen LogP contribution in [-0.4, -0.2) is 12.2 Å². The van der Waals surface area contributed by atoms with Gasteiger partial charge in [0.15, 0.2) is 0 Å². The van der Waals surface area contributed by atoms with Crippen LogP contribution in [0.2, 0.25) is 0 Å². The third-order valence-corrected chi connectivity index (χ3v) is 4.77. The van der Waals surface area contributed by atoms with E-state index in [1.165, 1.54) is 0 Å². The molecule has 5 heteroatoms. The molecule has 2 rings (SSSR count). The first-order chi connectivity index (χ1) is 9.51. The summed E-state index contributed by atoms with van der Waals surface area (Å²) in [6.07, 6.45) is -0.0131. The number of aliphatic hydroxyl groups is 1. The molecule has 2 aromatic carbocycles. The fourth-order valence-electron chi connectivity index (χ4n) is 1.94. The van der Waals surface area contributed by atoms with Crippen LogP contribution in [0.3, 0.4) is 0 Å². The Bertz CT molecular complexity index is 614. The molecule has 0 aliphatic carbocycles. The molecule has 0 saturated heterocycles. The molecule has 1 atom stereocenters. The first kappa shape index (κ1) is 16.0. The number of benzene rings is 2. The van der Waals surface area contributed by atoms with E-state index in [0.717, 1.165) is 30.3 Å². The molecule has 0 spiro atoms. The molecule has 0 heterocycles. The van der Waals surface area contributed by atoms with Crippen molar-refractivity contribution in [1.29, 1.82) is 0 Å². The van der Waals surface area contributed by atoms with Crippen LogP contribution >= 0.6 is 47.8 Å². The molecular weight excluding hydrogens is 452 g/mol. The molecule has 0 aliphatic heterocycles. The standard InChI is InChI=1S/C15H13Br3O2/c1-20-15-5-2-9(6-13(15)18)7-14(19)11-4-3-10(16)8-12(11)17/h2-6,8,14,19H,7H2,1H3. The lowest BCUT2D eigenvalue weighted by atomic mass is 10.0. The van der Waals surface area contributed by atoms with Gasteiger partial charge in [-0.25, -0.2) is 0 Å². The van der Waals surface area contributed by atoms with E-state index in [1.54, 1.807) is 7.11 Å². The van der Waals surface area contributed by atoms with Gasteiger partial charge in [0, 0.05) is 15.4 Å². The summed E-state index contributed by atoms with van der Waals surface area (Å²) in [6.45, 7) is 0. The van der Waals surface area contributed by atoms with Crippen LogP contribution in [0.4, 0.5) is 0 Å². The highest BCUT2D eigenvalue weighted by Gasteiger charge is 2.13. The summed E-state index contributed by atoms with van der Waals surface area (Å²) in [5, 5.41) is 10.4. The van der Waals surface area contributed by atoms with Crippen LogP contribution in [0.25, 0.3) is 0 Å². The second-order valence-corrected chi connectivity index (χ2v) is 6.98. The molecule has 0 aliphatic rings. The number of halogens is 3. The summed E-state index contributed by atoms with van der Waals surface area (Å²) in [6, 6.07) is 11.6. The van der Waals surface area contributed by atoms with Gasteiger partial charge in [0.1, 0.15) is 5.75 Å². The Labute approximate surface area is 143 Å². The molecule has 1 unspecified atom stereocenters. The van der Waals surface area contributed by atoms with Crippen molar-refractivity contribution in [2.75, 3.05) is 7.11 Å². The van der Waals surface area contributed by atoms with E-state index in [2.05, 4.69) is 47.8 Å². The van der Waals surface area contributed by atoms with Crippen molar-refractivity contribution in [2.45, 2.75) is 12.5 Å². The first-order valence-electron chi connectivity index (χ1n) is 5.96. The fraction of sp³-hybridized carbons (Fsp3) is 0.200. The summed E-state index contributed by atoms with van der Waals surface area (Å²) < 4.78 is 7.96. The SMILES string of the molecule is COc1ccc(CC(O)c2ccc(Br)cc2Br)cc1Br. The molecule has 0 aromatic heterocycles. The number of rotatable bonds is 4. The average molecular weight is 465 g/mol. The van der Waals surface area contributed by atoms with E-state index < -0.39 is 6.10 Å². The second-order valence-electron chi connectivity index (χ2n) is 4.35. The van der Waals surface area contributed by atoms with Gasteiger partial charge in [-0.15, -0.1) is 0 Å². The molecule has 0 amide bonds. The van der Waals surface area contributed by atoms with E-state index in [-0.39, 0.29) is 0 Å². The van der Waals surface area contributed by atoms with E-state index in [0.29, 0.717) is 6.42 Å². The van der Waals surface area contributed by atoms with Crippen molar-refractivity contribution in [2.24, 2.45) is 0 Å². The van der Waals surface area contributed by atoms with Gasteiger partial charge in [-0.1, -0.05) is 44.0 Å². The Morgan fingerprint density at radius 2 is 1.80 bits per heavy atom. The summed E-state index contributed by atoms with van der Waals surface area (Å²) >= 11 is 10.3. The predicted molar refractivity (Wildman–Crippen MR) is 91.2 cm³/mol. The Morgan fingerprint density at radius 1 is 1.05 bits per heavy atom. The Morgan fingerprint density at radius 3 is 2.40 bits per heavy atom. The van der Waals surface area contributed by atoms with Crippen LogP contribution < -0.4 is 4.74 Å². The molecule has 0 saturated carbocycles. The predicted octanol–water partition coefficient (Wildman–Crippen LogP) is 5.26. The molecule has 2 nitrogen and oxygen atoms in total. The minimum atomic E-state index is -0.558. The fourth-order valence-corrected chi connectivity index (χ4v) is 3.84. The third kappa shape index (κ3) is 3.85. The van der Waals surface area contributed by atoms with Crippen molar-refractivity contribution in [1.82, 2.24) is 0 Å². The zero-order chi connectivity index (χ0) is 14.7. The van der Waals surface area contributed by atoms with Crippen LogP contribution in [0, 0.1) is 0 Å². The number of hydrogen-bond donors (Lipinski definition) is 1. The van der Waals surface area contributed by atoms with Crippen LogP contribution in [-0.2, 0) is 6.42 Å². The lowest BCUT2D eigenvalue weighted by Gasteiger charge is -2.14. The van der Waals surface area contributed by atoms with Gasteiger partial charge in [0.25, 0.3) is 0 Å². The van der Waals surface area contributed by atoms with Gasteiger partial charge in [0.2, 0.25) is 0 Å². The van der Waals surface area contributed by atoms with Crippen LogP contribution in [0.5, 0.6) is 5.75 Å². The minimum absolute atomic E-state index is 0.544. The molecule has 0 radical (unpaired) electrons.